The Balaban J connectivity index is 1.93. The molecule has 0 atom stereocenters. The fraction of sp³-hybridized carbons (Fsp3) is 0.0667. The summed E-state index contributed by atoms with van der Waals surface area (Å²) in [6.07, 6.45) is 0. The van der Waals surface area contributed by atoms with Crippen LogP contribution in [0.25, 0.3) is 0 Å². The van der Waals surface area contributed by atoms with Crippen LogP contribution in [-0.4, -0.2) is 22.2 Å². The van der Waals surface area contributed by atoms with Gasteiger partial charge in [0.05, 0.1) is 4.92 Å². The van der Waals surface area contributed by atoms with Crippen molar-refractivity contribution in [3.63, 3.8) is 0 Å². The molecule has 2 rings (SSSR count). The van der Waals surface area contributed by atoms with Crippen LogP contribution < -0.4 is 10.9 Å². The molecule has 0 saturated carbocycles. The van der Waals surface area contributed by atoms with E-state index in [1.54, 1.807) is 0 Å². The zero-order valence-electron chi connectivity index (χ0n) is 12.7. The van der Waals surface area contributed by atoms with Gasteiger partial charge in [0, 0.05) is 28.2 Å². The number of carbonyl (C=O) groups is 2. The van der Waals surface area contributed by atoms with Crippen molar-refractivity contribution < 1.29 is 27.7 Å². The van der Waals surface area contributed by atoms with E-state index < -0.39 is 22.2 Å². The SMILES string of the molecule is O=C(NNC(=O)c1ccc([N+](=O)[O-])cc1)c1ccc(SC(F)(F)F)cc1. The first-order valence-electron chi connectivity index (χ1n) is 6.86. The highest BCUT2D eigenvalue weighted by molar-refractivity contribution is 8.00. The first kappa shape index (κ1) is 19.2. The van der Waals surface area contributed by atoms with E-state index in [-0.39, 0.29) is 33.5 Å². The number of hydrogen-bond donors (Lipinski definition) is 2. The van der Waals surface area contributed by atoms with Crippen LogP contribution in [0.2, 0.25) is 0 Å². The topological polar surface area (TPSA) is 101 Å². The number of hydrogen-bond acceptors (Lipinski definition) is 5. The molecule has 11 heteroatoms. The number of thioether (sulfide) groups is 1. The Kier molecular flexibility index (Phi) is 5.82. The van der Waals surface area contributed by atoms with Crippen LogP contribution in [0.3, 0.4) is 0 Å². The number of alkyl halides is 3. The molecule has 0 bridgehead atoms. The molecule has 26 heavy (non-hydrogen) atoms. The summed E-state index contributed by atoms with van der Waals surface area (Å²) in [7, 11) is 0. The van der Waals surface area contributed by atoms with Crippen molar-refractivity contribution >= 4 is 29.3 Å². The molecule has 0 aromatic heterocycles. The summed E-state index contributed by atoms with van der Waals surface area (Å²) in [5, 5.41) is 10.5. The van der Waals surface area contributed by atoms with Crippen molar-refractivity contribution in [3.05, 3.63) is 69.8 Å². The molecule has 0 unspecified atom stereocenters. The Bertz CT molecular complexity index is 824. The molecule has 0 heterocycles. The second kappa shape index (κ2) is 7.87. The second-order valence-corrected chi connectivity index (χ2v) is 5.92. The quantitative estimate of drug-likeness (QED) is 0.478. The lowest BCUT2D eigenvalue weighted by Gasteiger charge is -2.09. The van der Waals surface area contributed by atoms with E-state index in [9.17, 15) is 32.9 Å². The molecule has 0 fully saturated rings. The Morgan fingerprint density at radius 2 is 1.31 bits per heavy atom. The van der Waals surface area contributed by atoms with E-state index in [1.165, 1.54) is 24.3 Å². The van der Waals surface area contributed by atoms with Crippen LogP contribution in [0.4, 0.5) is 18.9 Å². The molecule has 0 aliphatic rings. The number of benzene rings is 2. The number of hydrazine groups is 1. The Morgan fingerprint density at radius 3 is 1.69 bits per heavy atom. The van der Waals surface area contributed by atoms with E-state index in [0.29, 0.717) is 0 Å². The predicted octanol–water partition coefficient (Wildman–Crippen LogP) is 3.28. The highest BCUT2D eigenvalue weighted by atomic mass is 32.2. The summed E-state index contributed by atoms with van der Waals surface area (Å²) >= 11 is -0.310. The standard InChI is InChI=1S/C15H10F3N3O4S/c16-15(17,18)26-12-7-3-10(4-8-12)14(23)20-19-13(22)9-1-5-11(6-2-9)21(24)25/h1-8H,(H,19,22)(H,20,23). The smallest absolute Gasteiger partial charge is 0.267 e. The van der Waals surface area contributed by atoms with E-state index >= 15 is 0 Å². The van der Waals surface area contributed by atoms with Crippen LogP contribution in [-0.2, 0) is 0 Å². The average molecular weight is 385 g/mol. The third kappa shape index (κ3) is 5.48. The summed E-state index contributed by atoms with van der Waals surface area (Å²) in [5.74, 6) is -1.44. The number of rotatable bonds is 4. The summed E-state index contributed by atoms with van der Waals surface area (Å²) in [5.41, 5.74) is -0.295. The van der Waals surface area contributed by atoms with Gasteiger partial charge in [-0.1, -0.05) is 0 Å². The van der Waals surface area contributed by atoms with Crippen molar-refractivity contribution in [3.8, 4) is 0 Å². The lowest BCUT2D eigenvalue weighted by atomic mass is 10.2. The number of halogens is 3. The van der Waals surface area contributed by atoms with Gasteiger partial charge in [0.15, 0.2) is 0 Å². The highest BCUT2D eigenvalue weighted by Gasteiger charge is 2.29. The number of nitro benzene ring substituents is 1. The van der Waals surface area contributed by atoms with Crippen LogP contribution in [0.5, 0.6) is 0 Å². The van der Waals surface area contributed by atoms with Crippen molar-refractivity contribution in [2.24, 2.45) is 0 Å². The van der Waals surface area contributed by atoms with E-state index in [0.717, 1.165) is 24.3 Å². The maximum Gasteiger partial charge on any atom is 0.446 e. The third-order valence-corrected chi connectivity index (χ3v) is 3.72. The van der Waals surface area contributed by atoms with Gasteiger partial charge in [-0.15, -0.1) is 0 Å². The summed E-state index contributed by atoms with van der Waals surface area (Å²) in [6, 6.07) is 9.31. The van der Waals surface area contributed by atoms with Gasteiger partial charge in [0.1, 0.15) is 0 Å². The number of non-ortho nitro benzene ring substituents is 1. The molecule has 0 spiro atoms. The lowest BCUT2D eigenvalue weighted by molar-refractivity contribution is -0.384. The van der Waals surface area contributed by atoms with Crippen LogP contribution in [0, 0.1) is 10.1 Å². The largest absolute Gasteiger partial charge is 0.446 e. The molecule has 0 aliphatic carbocycles. The lowest BCUT2D eigenvalue weighted by Crippen LogP contribution is -2.41. The summed E-state index contributed by atoms with van der Waals surface area (Å²) in [6.45, 7) is 0. The van der Waals surface area contributed by atoms with Crippen LogP contribution >= 0.6 is 11.8 Å². The molecule has 0 aliphatic heterocycles. The summed E-state index contributed by atoms with van der Waals surface area (Å²) in [4.78, 5) is 33.6. The monoisotopic (exact) mass is 385 g/mol. The van der Waals surface area contributed by atoms with Crippen molar-refractivity contribution in [1.29, 1.82) is 0 Å². The van der Waals surface area contributed by atoms with Crippen molar-refractivity contribution in [1.82, 2.24) is 10.9 Å². The van der Waals surface area contributed by atoms with E-state index in [4.69, 9.17) is 0 Å². The van der Waals surface area contributed by atoms with Crippen LogP contribution in [0.1, 0.15) is 20.7 Å². The molecule has 0 saturated heterocycles. The van der Waals surface area contributed by atoms with Gasteiger partial charge in [-0.2, -0.15) is 13.2 Å². The molecule has 2 amide bonds. The van der Waals surface area contributed by atoms with Gasteiger partial charge in [-0.05, 0) is 48.2 Å². The molecule has 2 aromatic rings. The van der Waals surface area contributed by atoms with Gasteiger partial charge in [0.2, 0.25) is 0 Å². The number of carbonyl (C=O) groups excluding carboxylic acids is 2. The van der Waals surface area contributed by atoms with Gasteiger partial charge in [0.25, 0.3) is 17.5 Å². The van der Waals surface area contributed by atoms with E-state index in [2.05, 4.69) is 10.9 Å². The van der Waals surface area contributed by atoms with Gasteiger partial charge < -0.3 is 0 Å². The predicted molar refractivity (Wildman–Crippen MR) is 86.4 cm³/mol. The minimum absolute atomic E-state index is 0.0422. The molecule has 0 radical (unpaired) electrons. The van der Waals surface area contributed by atoms with Crippen molar-refractivity contribution in [2.75, 3.05) is 0 Å². The van der Waals surface area contributed by atoms with Crippen molar-refractivity contribution in [2.45, 2.75) is 10.4 Å². The fourth-order valence-electron chi connectivity index (χ4n) is 1.80. The molecule has 2 N–H and O–H groups in total. The number of nitrogens with one attached hydrogen (secondary N) is 2. The van der Waals surface area contributed by atoms with Crippen LogP contribution in [0.15, 0.2) is 53.4 Å². The maximum atomic E-state index is 12.2. The first-order valence-corrected chi connectivity index (χ1v) is 7.68. The normalized spacial score (nSPS) is 10.9. The minimum atomic E-state index is -4.43. The zero-order valence-corrected chi connectivity index (χ0v) is 13.6. The average Bonchev–Trinajstić information content (AvgIpc) is 2.58. The molecular formula is C15H10F3N3O4S. The summed E-state index contributed by atoms with van der Waals surface area (Å²) < 4.78 is 36.7. The molecule has 7 nitrogen and oxygen atoms in total. The Labute approximate surface area is 148 Å². The second-order valence-electron chi connectivity index (χ2n) is 4.78. The molecule has 136 valence electrons. The minimum Gasteiger partial charge on any atom is -0.267 e. The number of nitro groups is 1. The van der Waals surface area contributed by atoms with Gasteiger partial charge in [-0.25, -0.2) is 0 Å². The van der Waals surface area contributed by atoms with E-state index in [1.807, 2.05) is 0 Å². The fourth-order valence-corrected chi connectivity index (χ4v) is 2.34. The molecular weight excluding hydrogens is 375 g/mol. The van der Waals surface area contributed by atoms with Gasteiger partial charge in [-0.3, -0.25) is 30.6 Å². The van der Waals surface area contributed by atoms with Gasteiger partial charge >= 0.3 is 5.51 Å². The maximum absolute atomic E-state index is 12.2. The Hall–Kier alpha value is -3.08. The number of nitrogens with zero attached hydrogens (tertiary/aromatic N) is 1. The third-order valence-electron chi connectivity index (χ3n) is 2.98. The zero-order chi connectivity index (χ0) is 19.3. The first-order chi connectivity index (χ1) is 12.2. The highest BCUT2D eigenvalue weighted by Crippen LogP contribution is 2.36. The molecule has 2 aromatic carbocycles. The Morgan fingerprint density at radius 1 is 0.885 bits per heavy atom. The number of amides is 2.